The molecule has 0 atom stereocenters. The SMILES string of the molecule is O=C1c2ccc(Br)cc2-c2ccc3c4c(ccc1c24)-c1cc(Br)ccc1C3=O. The minimum Gasteiger partial charge on any atom is -0.289 e. The molecule has 0 bridgehead atoms. The van der Waals surface area contributed by atoms with Crippen molar-refractivity contribution in [1.29, 1.82) is 0 Å². The Morgan fingerprint density at radius 3 is 1.21 bits per heavy atom. The number of ketones is 2. The minimum atomic E-state index is 0.00573. The molecule has 132 valence electrons. The Labute approximate surface area is 177 Å². The van der Waals surface area contributed by atoms with E-state index in [0.29, 0.717) is 22.3 Å². The van der Waals surface area contributed by atoms with Crippen LogP contribution in [0.4, 0.5) is 0 Å². The summed E-state index contributed by atoms with van der Waals surface area (Å²) in [7, 11) is 0. The Kier molecular flexibility index (Phi) is 3.22. The largest absolute Gasteiger partial charge is 0.289 e. The fourth-order valence-corrected chi connectivity index (χ4v) is 5.21. The summed E-state index contributed by atoms with van der Waals surface area (Å²) >= 11 is 7.04. The molecule has 4 heteroatoms. The van der Waals surface area contributed by atoms with Crippen molar-refractivity contribution in [2.75, 3.05) is 0 Å². The molecular formula is C24H10Br2O2. The number of benzene rings is 4. The van der Waals surface area contributed by atoms with E-state index in [4.69, 9.17) is 0 Å². The van der Waals surface area contributed by atoms with Gasteiger partial charge in [-0.3, -0.25) is 9.59 Å². The molecule has 0 saturated heterocycles. The third kappa shape index (κ3) is 1.97. The van der Waals surface area contributed by atoms with Crippen molar-refractivity contribution in [3.63, 3.8) is 0 Å². The van der Waals surface area contributed by atoms with E-state index in [0.717, 1.165) is 42.0 Å². The van der Waals surface area contributed by atoms with Crippen molar-refractivity contribution in [2.45, 2.75) is 0 Å². The molecule has 4 aromatic rings. The van der Waals surface area contributed by atoms with Crippen LogP contribution in [0, 0.1) is 0 Å². The lowest BCUT2D eigenvalue weighted by Gasteiger charge is -2.26. The summed E-state index contributed by atoms with van der Waals surface area (Å²) < 4.78 is 1.85. The van der Waals surface area contributed by atoms with Crippen LogP contribution in [-0.4, -0.2) is 11.6 Å². The van der Waals surface area contributed by atoms with Gasteiger partial charge in [0.25, 0.3) is 0 Å². The molecule has 0 N–H and O–H groups in total. The zero-order valence-corrected chi connectivity index (χ0v) is 17.5. The molecule has 0 heterocycles. The van der Waals surface area contributed by atoms with E-state index < -0.39 is 0 Å². The van der Waals surface area contributed by atoms with Gasteiger partial charge in [-0.15, -0.1) is 0 Å². The second-order valence-electron chi connectivity index (χ2n) is 7.11. The van der Waals surface area contributed by atoms with Crippen molar-refractivity contribution < 1.29 is 9.59 Å². The molecule has 2 aliphatic rings. The van der Waals surface area contributed by atoms with Gasteiger partial charge in [-0.2, -0.15) is 0 Å². The van der Waals surface area contributed by atoms with Crippen molar-refractivity contribution in [1.82, 2.24) is 0 Å². The first-order chi connectivity index (χ1) is 13.5. The number of carbonyl (C=O) groups excluding carboxylic acids is 2. The van der Waals surface area contributed by atoms with Gasteiger partial charge in [-0.1, -0.05) is 44.0 Å². The van der Waals surface area contributed by atoms with Crippen LogP contribution in [0.2, 0.25) is 0 Å². The molecule has 28 heavy (non-hydrogen) atoms. The van der Waals surface area contributed by atoms with Crippen LogP contribution in [0.3, 0.4) is 0 Å². The van der Waals surface area contributed by atoms with Crippen molar-refractivity contribution >= 4 is 54.2 Å². The first kappa shape index (κ1) is 16.4. The molecule has 6 rings (SSSR count). The molecule has 0 saturated carbocycles. The van der Waals surface area contributed by atoms with Crippen LogP contribution in [-0.2, 0) is 0 Å². The van der Waals surface area contributed by atoms with E-state index in [1.807, 2.05) is 60.7 Å². The summed E-state index contributed by atoms with van der Waals surface area (Å²) in [6.07, 6.45) is 0. The van der Waals surface area contributed by atoms with Gasteiger partial charge in [0.05, 0.1) is 0 Å². The van der Waals surface area contributed by atoms with Crippen LogP contribution in [0.25, 0.3) is 33.0 Å². The Hall–Kier alpha value is -2.56. The smallest absolute Gasteiger partial charge is 0.194 e. The highest BCUT2D eigenvalue weighted by atomic mass is 79.9. The molecule has 0 amide bonds. The van der Waals surface area contributed by atoms with E-state index in [9.17, 15) is 9.59 Å². The molecule has 2 aliphatic carbocycles. The fraction of sp³-hybridized carbons (Fsp3) is 0. The molecule has 0 unspecified atom stereocenters. The topological polar surface area (TPSA) is 34.1 Å². The highest BCUT2D eigenvalue weighted by Gasteiger charge is 2.32. The Balaban J connectivity index is 1.83. The summed E-state index contributed by atoms with van der Waals surface area (Å²) in [4.78, 5) is 26.4. The number of hydrogen-bond donors (Lipinski definition) is 0. The number of halogens is 2. The molecule has 0 fully saturated rings. The fourth-order valence-electron chi connectivity index (χ4n) is 4.49. The van der Waals surface area contributed by atoms with Crippen LogP contribution in [0.15, 0.2) is 69.6 Å². The highest BCUT2D eigenvalue weighted by Crippen LogP contribution is 2.47. The van der Waals surface area contributed by atoms with Crippen LogP contribution in [0.5, 0.6) is 0 Å². The molecule has 0 aliphatic heterocycles. The van der Waals surface area contributed by atoms with E-state index >= 15 is 0 Å². The molecule has 0 aromatic heterocycles. The number of rotatable bonds is 0. The zero-order valence-electron chi connectivity index (χ0n) is 14.3. The quantitative estimate of drug-likeness (QED) is 0.235. The lowest BCUT2D eigenvalue weighted by Crippen LogP contribution is -2.15. The van der Waals surface area contributed by atoms with Crippen molar-refractivity contribution in [3.05, 3.63) is 91.9 Å². The first-order valence-corrected chi connectivity index (χ1v) is 10.4. The maximum absolute atomic E-state index is 13.2. The van der Waals surface area contributed by atoms with Crippen LogP contribution < -0.4 is 0 Å². The van der Waals surface area contributed by atoms with Gasteiger partial charge in [0.1, 0.15) is 0 Å². The highest BCUT2D eigenvalue weighted by molar-refractivity contribution is 9.10. The average molecular weight is 490 g/mol. The summed E-state index contributed by atoms with van der Waals surface area (Å²) in [6, 6.07) is 19.2. The van der Waals surface area contributed by atoms with E-state index in [2.05, 4.69) is 31.9 Å². The number of hydrogen-bond acceptors (Lipinski definition) is 2. The third-order valence-electron chi connectivity index (χ3n) is 5.68. The third-order valence-corrected chi connectivity index (χ3v) is 6.67. The molecular weight excluding hydrogens is 480 g/mol. The van der Waals surface area contributed by atoms with Crippen LogP contribution in [0.1, 0.15) is 31.8 Å². The van der Waals surface area contributed by atoms with Gasteiger partial charge in [-0.05, 0) is 70.8 Å². The lowest BCUT2D eigenvalue weighted by molar-refractivity contribution is 0.103. The maximum Gasteiger partial charge on any atom is 0.194 e. The predicted molar refractivity (Wildman–Crippen MR) is 117 cm³/mol. The lowest BCUT2D eigenvalue weighted by atomic mass is 9.76. The Morgan fingerprint density at radius 2 is 0.786 bits per heavy atom. The predicted octanol–water partition coefficient (Wildman–Crippen LogP) is 6.79. The first-order valence-electron chi connectivity index (χ1n) is 8.83. The van der Waals surface area contributed by atoms with Gasteiger partial charge in [-0.25, -0.2) is 0 Å². The Morgan fingerprint density at radius 1 is 0.429 bits per heavy atom. The van der Waals surface area contributed by atoms with Gasteiger partial charge >= 0.3 is 0 Å². The van der Waals surface area contributed by atoms with Gasteiger partial charge in [0.2, 0.25) is 0 Å². The second-order valence-corrected chi connectivity index (χ2v) is 8.94. The summed E-state index contributed by atoms with van der Waals surface area (Å²) in [5, 5.41) is 1.76. The zero-order chi connectivity index (χ0) is 19.2. The van der Waals surface area contributed by atoms with Gasteiger partial charge in [0.15, 0.2) is 11.6 Å². The standard InChI is InChI=1S/C24H10Br2O2/c25-11-1-3-15-19(9-11)13-5-8-18-22-14(6-7-17(21(13)22)23(15)27)20-10-12(26)2-4-16(20)24(18)28/h1-10H. The van der Waals surface area contributed by atoms with E-state index in [1.165, 1.54) is 0 Å². The molecule has 0 radical (unpaired) electrons. The average Bonchev–Trinajstić information content (AvgIpc) is 2.70. The summed E-state index contributed by atoms with van der Waals surface area (Å²) in [5.74, 6) is 0.0115. The normalized spacial score (nSPS) is 13.5. The summed E-state index contributed by atoms with van der Waals surface area (Å²) in [6.45, 7) is 0. The number of fused-ring (bicyclic) bond motifs is 4. The molecule has 4 aromatic carbocycles. The van der Waals surface area contributed by atoms with Crippen molar-refractivity contribution in [3.8, 4) is 22.3 Å². The Bertz CT molecular complexity index is 1310. The van der Waals surface area contributed by atoms with E-state index in [-0.39, 0.29) is 11.6 Å². The van der Waals surface area contributed by atoms with Crippen molar-refractivity contribution in [2.24, 2.45) is 0 Å². The van der Waals surface area contributed by atoms with Gasteiger partial charge < -0.3 is 0 Å². The maximum atomic E-state index is 13.2. The number of carbonyl (C=O) groups is 2. The molecule has 0 spiro atoms. The molecule has 2 nitrogen and oxygen atoms in total. The summed E-state index contributed by atoms with van der Waals surface area (Å²) in [5.41, 5.74) is 6.53. The van der Waals surface area contributed by atoms with E-state index in [1.54, 1.807) is 0 Å². The minimum absolute atomic E-state index is 0.00573. The second kappa shape index (κ2) is 5.49. The van der Waals surface area contributed by atoms with Crippen LogP contribution >= 0.6 is 31.9 Å². The van der Waals surface area contributed by atoms with Gasteiger partial charge in [0, 0.05) is 42.0 Å². The monoisotopic (exact) mass is 488 g/mol.